The van der Waals surface area contributed by atoms with Gasteiger partial charge in [0.15, 0.2) is 0 Å². The molecular formula is C12H12BrClN2O3. The summed E-state index contributed by atoms with van der Waals surface area (Å²) in [6.45, 7) is 1.26. The minimum Gasteiger partial charge on any atom is -0.338 e. The minimum atomic E-state index is -0.572. The Labute approximate surface area is 123 Å². The van der Waals surface area contributed by atoms with Crippen molar-refractivity contribution in [1.82, 2.24) is 4.90 Å². The van der Waals surface area contributed by atoms with Gasteiger partial charge in [-0.25, -0.2) is 0 Å². The van der Waals surface area contributed by atoms with Crippen molar-refractivity contribution >= 4 is 39.1 Å². The zero-order valence-electron chi connectivity index (χ0n) is 10.0. The van der Waals surface area contributed by atoms with Crippen LogP contribution in [0.25, 0.3) is 0 Å². The summed E-state index contributed by atoms with van der Waals surface area (Å²) in [4.78, 5) is 24.4. The van der Waals surface area contributed by atoms with Gasteiger partial charge in [-0.1, -0.05) is 27.5 Å². The highest BCUT2D eigenvalue weighted by Gasteiger charge is 2.30. The fourth-order valence-electron chi connectivity index (χ4n) is 2.15. The second-order valence-corrected chi connectivity index (χ2v) is 5.56. The third-order valence-corrected chi connectivity index (χ3v) is 4.33. The molecule has 0 bridgehead atoms. The Hall–Kier alpha value is -1.14. The molecule has 1 aliphatic heterocycles. The number of rotatable bonds is 3. The van der Waals surface area contributed by atoms with Crippen molar-refractivity contribution in [2.75, 3.05) is 18.4 Å². The van der Waals surface area contributed by atoms with Crippen molar-refractivity contribution in [3.63, 3.8) is 0 Å². The summed E-state index contributed by atoms with van der Waals surface area (Å²) in [5, 5.41) is 12.1. The Morgan fingerprint density at radius 2 is 2.32 bits per heavy atom. The van der Waals surface area contributed by atoms with E-state index in [-0.39, 0.29) is 22.2 Å². The molecule has 1 aromatic carbocycles. The maximum atomic E-state index is 12.3. The number of likely N-dealkylation sites (tertiary alicyclic amines) is 1. The van der Waals surface area contributed by atoms with Crippen LogP contribution in [0.5, 0.6) is 0 Å². The SMILES string of the molecule is O=C(c1ccc(Cl)cc1[N+](=O)[O-])N1CCC(CBr)C1. The minimum absolute atomic E-state index is 0.102. The van der Waals surface area contributed by atoms with Gasteiger partial charge in [0, 0.05) is 29.5 Å². The summed E-state index contributed by atoms with van der Waals surface area (Å²) in [5.41, 5.74) is -0.135. The van der Waals surface area contributed by atoms with Crippen LogP contribution >= 0.6 is 27.5 Å². The molecule has 0 N–H and O–H groups in total. The molecule has 1 atom stereocenters. The lowest BCUT2D eigenvalue weighted by atomic mass is 10.1. The molecule has 1 aliphatic rings. The summed E-state index contributed by atoms with van der Waals surface area (Å²) in [5.74, 6) is 0.113. The number of benzene rings is 1. The number of nitro groups is 1. The molecule has 0 radical (unpaired) electrons. The molecule has 7 heteroatoms. The van der Waals surface area contributed by atoms with Gasteiger partial charge in [0.25, 0.3) is 11.6 Å². The van der Waals surface area contributed by atoms with Crippen molar-refractivity contribution < 1.29 is 9.72 Å². The van der Waals surface area contributed by atoms with E-state index >= 15 is 0 Å². The van der Waals surface area contributed by atoms with Crippen molar-refractivity contribution in [3.8, 4) is 0 Å². The quantitative estimate of drug-likeness (QED) is 0.479. The second-order valence-electron chi connectivity index (χ2n) is 4.48. The number of halogens is 2. The number of nitro benzene ring substituents is 1. The Bertz CT molecular complexity index is 524. The van der Waals surface area contributed by atoms with E-state index in [0.717, 1.165) is 11.8 Å². The van der Waals surface area contributed by atoms with Crippen LogP contribution in [0, 0.1) is 16.0 Å². The summed E-state index contributed by atoms with van der Waals surface area (Å²) >= 11 is 9.13. The first kappa shape index (κ1) is 14.3. The zero-order chi connectivity index (χ0) is 14.0. The molecule has 0 spiro atoms. The van der Waals surface area contributed by atoms with Gasteiger partial charge >= 0.3 is 0 Å². The van der Waals surface area contributed by atoms with E-state index in [2.05, 4.69) is 15.9 Å². The van der Waals surface area contributed by atoms with Gasteiger partial charge in [-0.15, -0.1) is 0 Å². The highest BCUT2D eigenvalue weighted by Crippen LogP contribution is 2.27. The Morgan fingerprint density at radius 3 is 2.89 bits per heavy atom. The van der Waals surface area contributed by atoms with Gasteiger partial charge in [0.2, 0.25) is 0 Å². The predicted octanol–water partition coefficient (Wildman–Crippen LogP) is 3.11. The van der Waals surface area contributed by atoms with Gasteiger partial charge in [-0.05, 0) is 24.5 Å². The van der Waals surface area contributed by atoms with Gasteiger partial charge < -0.3 is 4.90 Å². The van der Waals surface area contributed by atoms with Gasteiger partial charge in [-0.2, -0.15) is 0 Å². The summed E-state index contributed by atoms with van der Waals surface area (Å²) in [7, 11) is 0. The van der Waals surface area contributed by atoms with Crippen LogP contribution in [0.4, 0.5) is 5.69 Å². The van der Waals surface area contributed by atoms with Crippen LogP contribution in [0.15, 0.2) is 18.2 Å². The molecule has 1 amide bonds. The van der Waals surface area contributed by atoms with Crippen LogP contribution in [-0.4, -0.2) is 34.2 Å². The Balaban J connectivity index is 2.27. The number of hydrogen-bond donors (Lipinski definition) is 0. The van der Waals surface area contributed by atoms with E-state index in [4.69, 9.17) is 11.6 Å². The number of nitrogens with zero attached hydrogens (tertiary/aromatic N) is 2. The first-order chi connectivity index (χ1) is 9.02. The molecule has 1 saturated heterocycles. The molecular weight excluding hydrogens is 336 g/mol. The average molecular weight is 348 g/mol. The molecule has 1 fully saturated rings. The lowest BCUT2D eigenvalue weighted by Gasteiger charge is -2.16. The van der Waals surface area contributed by atoms with E-state index in [0.29, 0.717) is 19.0 Å². The van der Waals surface area contributed by atoms with E-state index < -0.39 is 4.92 Å². The van der Waals surface area contributed by atoms with E-state index in [1.54, 1.807) is 4.90 Å². The molecule has 1 aromatic rings. The maximum Gasteiger partial charge on any atom is 0.283 e. The number of carbonyl (C=O) groups is 1. The largest absolute Gasteiger partial charge is 0.338 e. The molecule has 5 nitrogen and oxygen atoms in total. The lowest BCUT2D eigenvalue weighted by Crippen LogP contribution is -2.29. The molecule has 19 heavy (non-hydrogen) atoms. The van der Waals surface area contributed by atoms with Crippen LogP contribution in [0.3, 0.4) is 0 Å². The molecule has 0 aromatic heterocycles. The molecule has 0 saturated carbocycles. The first-order valence-electron chi connectivity index (χ1n) is 5.82. The van der Waals surface area contributed by atoms with Crippen LogP contribution in [0.1, 0.15) is 16.8 Å². The number of hydrogen-bond acceptors (Lipinski definition) is 3. The molecule has 102 valence electrons. The highest BCUT2D eigenvalue weighted by molar-refractivity contribution is 9.09. The first-order valence-corrected chi connectivity index (χ1v) is 7.32. The van der Waals surface area contributed by atoms with Crippen LogP contribution in [0.2, 0.25) is 5.02 Å². The third kappa shape index (κ3) is 3.06. The van der Waals surface area contributed by atoms with Crippen molar-refractivity contribution in [1.29, 1.82) is 0 Å². The monoisotopic (exact) mass is 346 g/mol. The predicted molar refractivity (Wildman–Crippen MR) is 75.9 cm³/mol. The van der Waals surface area contributed by atoms with Gasteiger partial charge in [-0.3, -0.25) is 14.9 Å². The molecule has 1 heterocycles. The van der Waals surface area contributed by atoms with Crippen molar-refractivity contribution in [3.05, 3.63) is 38.9 Å². The van der Waals surface area contributed by atoms with E-state index in [1.165, 1.54) is 18.2 Å². The fraction of sp³-hybridized carbons (Fsp3) is 0.417. The Morgan fingerprint density at radius 1 is 1.58 bits per heavy atom. The molecule has 2 rings (SSSR count). The fourth-order valence-corrected chi connectivity index (χ4v) is 2.84. The molecule has 1 unspecified atom stereocenters. The lowest BCUT2D eigenvalue weighted by molar-refractivity contribution is -0.385. The van der Waals surface area contributed by atoms with Crippen molar-refractivity contribution in [2.24, 2.45) is 5.92 Å². The zero-order valence-corrected chi connectivity index (χ0v) is 12.4. The van der Waals surface area contributed by atoms with E-state index in [9.17, 15) is 14.9 Å². The molecule has 0 aliphatic carbocycles. The van der Waals surface area contributed by atoms with Crippen LogP contribution in [-0.2, 0) is 0 Å². The third-order valence-electron chi connectivity index (χ3n) is 3.18. The topological polar surface area (TPSA) is 63.4 Å². The number of alkyl halides is 1. The summed E-state index contributed by atoms with van der Waals surface area (Å²) in [6.07, 6.45) is 0.915. The Kier molecular flexibility index (Phi) is 4.42. The standard InChI is InChI=1S/C12H12BrClN2O3/c13-6-8-3-4-15(7-8)12(17)10-2-1-9(14)5-11(10)16(18)19/h1-2,5,8H,3-4,6-7H2. The summed E-state index contributed by atoms with van der Waals surface area (Å²) < 4.78 is 0. The number of carbonyl (C=O) groups excluding carboxylic acids is 1. The average Bonchev–Trinajstić information content (AvgIpc) is 2.86. The van der Waals surface area contributed by atoms with Gasteiger partial charge in [0.1, 0.15) is 5.56 Å². The normalized spacial score (nSPS) is 18.6. The maximum absolute atomic E-state index is 12.3. The van der Waals surface area contributed by atoms with Crippen molar-refractivity contribution in [2.45, 2.75) is 6.42 Å². The van der Waals surface area contributed by atoms with Crippen LogP contribution < -0.4 is 0 Å². The van der Waals surface area contributed by atoms with Gasteiger partial charge in [0.05, 0.1) is 4.92 Å². The second kappa shape index (κ2) is 5.88. The summed E-state index contributed by atoms with van der Waals surface area (Å²) in [6, 6.07) is 4.14. The number of amides is 1. The smallest absolute Gasteiger partial charge is 0.283 e. The van der Waals surface area contributed by atoms with E-state index in [1.807, 2.05) is 0 Å². The highest BCUT2D eigenvalue weighted by atomic mass is 79.9.